The van der Waals surface area contributed by atoms with Gasteiger partial charge in [0, 0.05) is 31.6 Å². The lowest BCUT2D eigenvalue weighted by Crippen LogP contribution is -2.34. The normalized spacial score (nSPS) is 18.3. The Kier molecular flexibility index (Phi) is 5.59. The lowest BCUT2D eigenvalue weighted by atomic mass is 10.1. The lowest BCUT2D eigenvalue weighted by Gasteiger charge is -2.29. The Morgan fingerprint density at radius 2 is 1.96 bits per heavy atom. The quantitative estimate of drug-likeness (QED) is 0.784. The summed E-state index contributed by atoms with van der Waals surface area (Å²) in [7, 11) is 3.70. The monoisotopic (exact) mass is 338 g/mol. The van der Waals surface area contributed by atoms with Crippen LogP contribution in [-0.2, 0) is 11.8 Å². The second-order valence-corrected chi connectivity index (χ2v) is 6.55. The second kappa shape index (κ2) is 8.06. The minimum Gasteiger partial charge on any atom is -0.497 e. The Bertz CT molecular complexity index is 731. The maximum absolute atomic E-state index is 12.9. The third kappa shape index (κ3) is 4.13. The van der Waals surface area contributed by atoms with E-state index in [1.165, 1.54) is 18.5 Å². The molecule has 0 N–H and O–H groups in total. The van der Waals surface area contributed by atoms with Gasteiger partial charge < -0.3 is 14.2 Å². The SMILES string of the molecule is COc1ccc(/C=C/C(=O)N2CCCCC[C@H]2c2cccn2C)cc1. The molecule has 132 valence electrons. The molecule has 0 radical (unpaired) electrons. The van der Waals surface area contributed by atoms with Crippen molar-refractivity contribution >= 4 is 12.0 Å². The highest BCUT2D eigenvalue weighted by Gasteiger charge is 2.26. The zero-order chi connectivity index (χ0) is 17.6. The topological polar surface area (TPSA) is 34.5 Å². The van der Waals surface area contributed by atoms with E-state index in [1.807, 2.05) is 35.2 Å². The predicted octanol–water partition coefficient (Wildman–Crippen LogP) is 4.19. The van der Waals surface area contributed by atoms with Gasteiger partial charge in [0.15, 0.2) is 0 Å². The Balaban J connectivity index is 1.77. The number of carbonyl (C=O) groups excluding carboxylic acids is 1. The number of methoxy groups -OCH3 is 1. The highest BCUT2D eigenvalue weighted by atomic mass is 16.5. The largest absolute Gasteiger partial charge is 0.497 e. The molecule has 1 aliphatic rings. The summed E-state index contributed by atoms with van der Waals surface area (Å²) in [6.07, 6.45) is 10.1. The molecule has 0 spiro atoms. The third-order valence-corrected chi connectivity index (χ3v) is 4.90. The summed E-state index contributed by atoms with van der Waals surface area (Å²) in [6.45, 7) is 0.821. The molecule has 4 nitrogen and oxygen atoms in total. The van der Waals surface area contributed by atoms with E-state index in [4.69, 9.17) is 4.74 Å². The van der Waals surface area contributed by atoms with Crippen molar-refractivity contribution in [1.29, 1.82) is 0 Å². The van der Waals surface area contributed by atoms with Gasteiger partial charge in [-0.15, -0.1) is 0 Å². The fraction of sp³-hybridized carbons (Fsp3) is 0.381. The Morgan fingerprint density at radius 1 is 1.16 bits per heavy atom. The molecule has 1 fully saturated rings. The lowest BCUT2D eigenvalue weighted by molar-refractivity contribution is -0.128. The average molecular weight is 338 g/mol. The minimum absolute atomic E-state index is 0.0870. The van der Waals surface area contributed by atoms with Gasteiger partial charge in [0.25, 0.3) is 0 Å². The number of nitrogens with zero attached hydrogens (tertiary/aromatic N) is 2. The molecular weight excluding hydrogens is 312 g/mol. The fourth-order valence-corrected chi connectivity index (χ4v) is 3.48. The van der Waals surface area contributed by atoms with Crippen LogP contribution in [0.2, 0.25) is 0 Å². The number of rotatable bonds is 4. The number of amides is 1. The van der Waals surface area contributed by atoms with Crippen LogP contribution in [0.5, 0.6) is 5.75 Å². The van der Waals surface area contributed by atoms with Crippen LogP contribution in [0, 0.1) is 0 Å². The first-order valence-electron chi connectivity index (χ1n) is 8.93. The summed E-state index contributed by atoms with van der Waals surface area (Å²) < 4.78 is 7.30. The van der Waals surface area contributed by atoms with Crippen molar-refractivity contribution in [3.05, 3.63) is 59.9 Å². The maximum atomic E-state index is 12.9. The van der Waals surface area contributed by atoms with Crippen LogP contribution in [0.3, 0.4) is 0 Å². The molecular formula is C21H26N2O2. The molecule has 1 aromatic heterocycles. The summed E-state index contributed by atoms with van der Waals surface area (Å²) in [5, 5.41) is 0. The molecule has 2 heterocycles. The molecule has 0 bridgehead atoms. The first-order chi connectivity index (χ1) is 12.2. The van der Waals surface area contributed by atoms with Crippen LogP contribution in [-0.4, -0.2) is 29.0 Å². The number of likely N-dealkylation sites (tertiary alicyclic amines) is 1. The van der Waals surface area contributed by atoms with Gasteiger partial charge in [0.05, 0.1) is 13.2 Å². The van der Waals surface area contributed by atoms with E-state index in [9.17, 15) is 4.79 Å². The molecule has 1 saturated heterocycles. The smallest absolute Gasteiger partial charge is 0.247 e. The van der Waals surface area contributed by atoms with Crippen LogP contribution < -0.4 is 4.74 Å². The van der Waals surface area contributed by atoms with Gasteiger partial charge in [-0.1, -0.05) is 25.0 Å². The standard InChI is InChI=1S/C21H26N2O2/c1-22-15-6-8-19(22)20-7-4-3-5-16-23(20)21(24)14-11-17-9-12-18(25-2)13-10-17/h6,8-15,20H,3-5,7,16H2,1-2H3/b14-11+/t20-/m0/s1. The Labute approximate surface area is 149 Å². The molecule has 25 heavy (non-hydrogen) atoms. The van der Waals surface area contributed by atoms with E-state index in [2.05, 4.69) is 29.9 Å². The van der Waals surface area contributed by atoms with Crippen molar-refractivity contribution < 1.29 is 9.53 Å². The number of hydrogen-bond donors (Lipinski definition) is 0. The van der Waals surface area contributed by atoms with Crippen LogP contribution in [0.15, 0.2) is 48.7 Å². The van der Waals surface area contributed by atoms with E-state index in [1.54, 1.807) is 13.2 Å². The number of ether oxygens (including phenoxy) is 1. The van der Waals surface area contributed by atoms with Gasteiger partial charge >= 0.3 is 0 Å². The van der Waals surface area contributed by atoms with Crippen LogP contribution in [0.4, 0.5) is 0 Å². The number of aromatic nitrogens is 1. The molecule has 0 unspecified atom stereocenters. The zero-order valence-corrected chi connectivity index (χ0v) is 15.0. The molecule has 2 aromatic rings. The van der Waals surface area contributed by atoms with E-state index >= 15 is 0 Å². The zero-order valence-electron chi connectivity index (χ0n) is 15.0. The Hall–Kier alpha value is -2.49. The maximum Gasteiger partial charge on any atom is 0.247 e. The number of hydrogen-bond acceptors (Lipinski definition) is 2. The molecule has 0 aliphatic carbocycles. The van der Waals surface area contributed by atoms with Crippen molar-refractivity contribution in [2.45, 2.75) is 31.7 Å². The number of benzene rings is 1. The van der Waals surface area contributed by atoms with Crippen LogP contribution in [0.25, 0.3) is 6.08 Å². The van der Waals surface area contributed by atoms with Crippen LogP contribution >= 0.6 is 0 Å². The van der Waals surface area contributed by atoms with Gasteiger partial charge in [-0.25, -0.2) is 0 Å². The summed E-state index contributed by atoms with van der Waals surface area (Å²) in [6, 6.07) is 12.1. The van der Waals surface area contributed by atoms with E-state index in [-0.39, 0.29) is 11.9 Å². The van der Waals surface area contributed by atoms with Crippen molar-refractivity contribution in [1.82, 2.24) is 9.47 Å². The van der Waals surface area contributed by atoms with Gasteiger partial charge in [0.2, 0.25) is 5.91 Å². The van der Waals surface area contributed by atoms with Gasteiger partial charge in [-0.3, -0.25) is 4.79 Å². The second-order valence-electron chi connectivity index (χ2n) is 6.55. The summed E-state index contributed by atoms with van der Waals surface area (Å²) in [4.78, 5) is 14.9. The summed E-state index contributed by atoms with van der Waals surface area (Å²) in [5.41, 5.74) is 2.22. The molecule has 1 aromatic carbocycles. The molecule has 1 atom stereocenters. The van der Waals surface area contributed by atoms with Crippen molar-refractivity contribution in [3.8, 4) is 5.75 Å². The molecule has 1 aliphatic heterocycles. The summed E-state index contributed by atoms with van der Waals surface area (Å²) >= 11 is 0. The van der Waals surface area contributed by atoms with Crippen molar-refractivity contribution in [2.75, 3.05) is 13.7 Å². The van der Waals surface area contributed by atoms with E-state index in [0.717, 1.165) is 30.7 Å². The predicted molar refractivity (Wildman–Crippen MR) is 100 cm³/mol. The molecule has 4 heteroatoms. The average Bonchev–Trinajstić information content (AvgIpc) is 2.92. The summed E-state index contributed by atoms with van der Waals surface area (Å²) in [5.74, 6) is 0.906. The Morgan fingerprint density at radius 3 is 2.64 bits per heavy atom. The van der Waals surface area contributed by atoms with Crippen molar-refractivity contribution in [2.24, 2.45) is 7.05 Å². The van der Waals surface area contributed by atoms with E-state index < -0.39 is 0 Å². The molecule has 1 amide bonds. The van der Waals surface area contributed by atoms with Gasteiger partial charge in [0.1, 0.15) is 5.75 Å². The third-order valence-electron chi connectivity index (χ3n) is 4.90. The van der Waals surface area contributed by atoms with Gasteiger partial charge in [-0.2, -0.15) is 0 Å². The first kappa shape index (κ1) is 17.3. The highest BCUT2D eigenvalue weighted by Crippen LogP contribution is 2.30. The molecule has 0 saturated carbocycles. The number of carbonyl (C=O) groups is 1. The van der Waals surface area contributed by atoms with E-state index in [0.29, 0.717) is 0 Å². The molecule has 3 rings (SSSR count). The number of aryl methyl sites for hydroxylation is 1. The van der Waals surface area contributed by atoms with Crippen LogP contribution in [0.1, 0.15) is 43.0 Å². The minimum atomic E-state index is 0.0870. The fourth-order valence-electron chi connectivity index (χ4n) is 3.48. The van der Waals surface area contributed by atoms with Crippen molar-refractivity contribution in [3.63, 3.8) is 0 Å². The first-order valence-corrected chi connectivity index (χ1v) is 8.93. The highest BCUT2D eigenvalue weighted by molar-refractivity contribution is 5.92. The van der Waals surface area contributed by atoms with Gasteiger partial charge in [-0.05, 0) is 48.7 Å².